The van der Waals surface area contributed by atoms with E-state index in [1.165, 1.54) is 34.2 Å². The number of nitrogens with zero attached hydrogens (tertiary/aromatic N) is 3. The molecule has 3 aromatic rings. The van der Waals surface area contributed by atoms with Crippen LogP contribution in [0.1, 0.15) is 34.6 Å². The Morgan fingerprint density at radius 3 is 3.00 bits per heavy atom. The number of furan rings is 1. The highest BCUT2D eigenvalue weighted by Gasteiger charge is 2.11. The molecule has 0 aromatic carbocycles. The van der Waals surface area contributed by atoms with E-state index < -0.39 is 11.9 Å². The molecule has 9 nitrogen and oxygen atoms in total. The number of aromatic nitrogens is 3. The number of carbonyl (C=O) groups excluding carboxylic acids is 2. The monoisotopic (exact) mass is 376 g/mol. The van der Waals surface area contributed by atoms with Crippen molar-refractivity contribution < 1.29 is 18.7 Å². The first-order valence-electron chi connectivity index (χ1n) is 7.93. The Bertz CT molecular complexity index is 976. The van der Waals surface area contributed by atoms with Crippen molar-refractivity contribution in [2.45, 2.75) is 26.4 Å². The number of carbonyl (C=O) groups is 2. The predicted molar refractivity (Wildman–Crippen MR) is 92.0 cm³/mol. The zero-order valence-corrected chi connectivity index (χ0v) is 14.7. The molecule has 0 fully saturated rings. The highest BCUT2D eigenvalue weighted by atomic mass is 32.1. The molecule has 3 aromatic heterocycles. The van der Waals surface area contributed by atoms with Gasteiger partial charge >= 0.3 is 5.97 Å². The molecular formula is C16H16N4O5S. The van der Waals surface area contributed by atoms with Crippen LogP contribution < -0.4 is 10.9 Å². The minimum absolute atomic E-state index is 0.00574. The van der Waals surface area contributed by atoms with Crippen LogP contribution in [0.5, 0.6) is 0 Å². The van der Waals surface area contributed by atoms with Gasteiger partial charge < -0.3 is 14.5 Å². The van der Waals surface area contributed by atoms with Gasteiger partial charge in [0.15, 0.2) is 5.76 Å². The van der Waals surface area contributed by atoms with Crippen LogP contribution in [0.4, 0.5) is 0 Å². The second-order valence-electron chi connectivity index (χ2n) is 5.27. The normalized spacial score (nSPS) is 10.8. The summed E-state index contributed by atoms with van der Waals surface area (Å²) in [5, 5.41) is 7.50. The van der Waals surface area contributed by atoms with E-state index in [9.17, 15) is 14.4 Å². The first kappa shape index (κ1) is 17.8. The molecule has 10 heteroatoms. The Labute approximate surface area is 151 Å². The van der Waals surface area contributed by atoms with Gasteiger partial charge in [0.25, 0.3) is 11.5 Å². The summed E-state index contributed by atoms with van der Waals surface area (Å²) in [6.45, 7) is 1.94. The molecule has 0 aliphatic heterocycles. The summed E-state index contributed by atoms with van der Waals surface area (Å²) < 4.78 is 11.3. The molecule has 0 aliphatic rings. The lowest BCUT2D eigenvalue weighted by Gasteiger charge is -2.05. The van der Waals surface area contributed by atoms with Gasteiger partial charge in [-0.15, -0.1) is 0 Å². The van der Waals surface area contributed by atoms with Crippen LogP contribution in [0.25, 0.3) is 4.96 Å². The van der Waals surface area contributed by atoms with E-state index in [0.717, 1.165) is 5.01 Å². The standard InChI is InChI=1S/C16H16N4O5S/c1-2-12-19-20-13(21)8-10(18-16(20)26-12)9-25-14(22)5-6-17-15(23)11-4-3-7-24-11/h3-4,7-8H,2,5-6,9H2,1H3,(H,17,23). The highest BCUT2D eigenvalue weighted by Crippen LogP contribution is 2.12. The number of hydrogen-bond donors (Lipinski definition) is 1. The summed E-state index contributed by atoms with van der Waals surface area (Å²) in [5.74, 6) is -0.738. The average molecular weight is 376 g/mol. The molecule has 3 rings (SSSR count). The SMILES string of the molecule is CCc1nn2c(=O)cc(COC(=O)CCNC(=O)c3ccco3)nc2s1. The fraction of sp³-hybridized carbons (Fsp3) is 0.312. The van der Waals surface area contributed by atoms with Gasteiger partial charge in [0.05, 0.1) is 18.4 Å². The van der Waals surface area contributed by atoms with Crippen molar-refractivity contribution in [2.75, 3.05) is 6.54 Å². The van der Waals surface area contributed by atoms with Crippen molar-refractivity contribution >= 4 is 28.2 Å². The fourth-order valence-corrected chi connectivity index (χ4v) is 2.97. The second kappa shape index (κ2) is 7.91. The Kier molecular flexibility index (Phi) is 5.42. The molecule has 0 bridgehead atoms. The van der Waals surface area contributed by atoms with E-state index in [1.54, 1.807) is 6.07 Å². The molecular weight excluding hydrogens is 360 g/mol. The highest BCUT2D eigenvalue weighted by molar-refractivity contribution is 7.16. The number of aryl methyl sites for hydroxylation is 1. The zero-order valence-electron chi connectivity index (χ0n) is 13.9. The molecule has 0 saturated heterocycles. The quantitative estimate of drug-likeness (QED) is 0.615. The molecule has 1 amide bonds. The number of rotatable bonds is 7. The van der Waals surface area contributed by atoms with Gasteiger partial charge in [-0.2, -0.15) is 9.61 Å². The fourth-order valence-electron chi connectivity index (χ4n) is 2.11. The largest absolute Gasteiger partial charge is 0.459 e. The molecule has 1 N–H and O–H groups in total. The van der Waals surface area contributed by atoms with Crippen LogP contribution in [0.15, 0.2) is 33.7 Å². The van der Waals surface area contributed by atoms with E-state index in [4.69, 9.17) is 9.15 Å². The van der Waals surface area contributed by atoms with Crippen molar-refractivity contribution in [3.8, 4) is 0 Å². The van der Waals surface area contributed by atoms with Crippen molar-refractivity contribution in [3.63, 3.8) is 0 Å². The maximum absolute atomic E-state index is 12.0. The van der Waals surface area contributed by atoms with Crippen LogP contribution in [0.2, 0.25) is 0 Å². The lowest BCUT2D eigenvalue weighted by molar-refractivity contribution is -0.144. The van der Waals surface area contributed by atoms with Crippen LogP contribution in [0, 0.1) is 0 Å². The Morgan fingerprint density at radius 1 is 1.42 bits per heavy atom. The molecule has 0 atom stereocenters. The van der Waals surface area contributed by atoms with Crippen molar-refractivity contribution in [2.24, 2.45) is 0 Å². The summed E-state index contributed by atoms with van der Waals surface area (Å²) in [7, 11) is 0. The van der Waals surface area contributed by atoms with Gasteiger partial charge in [-0.05, 0) is 18.6 Å². The third kappa shape index (κ3) is 4.14. The molecule has 0 aliphatic carbocycles. The molecule has 0 spiro atoms. The van der Waals surface area contributed by atoms with E-state index in [-0.39, 0.29) is 30.9 Å². The van der Waals surface area contributed by atoms with Crippen LogP contribution in [0.3, 0.4) is 0 Å². The first-order chi connectivity index (χ1) is 12.6. The molecule has 0 saturated carbocycles. The lowest BCUT2D eigenvalue weighted by atomic mass is 10.4. The predicted octanol–water partition coefficient (Wildman–Crippen LogP) is 1.17. The number of hydrogen-bond acceptors (Lipinski definition) is 8. The number of ether oxygens (including phenoxy) is 1. The maximum atomic E-state index is 12.0. The van der Waals surface area contributed by atoms with Gasteiger partial charge in [-0.3, -0.25) is 14.4 Å². The summed E-state index contributed by atoms with van der Waals surface area (Å²) in [5.41, 5.74) is 0.0389. The second-order valence-corrected chi connectivity index (χ2v) is 6.31. The number of nitrogens with one attached hydrogen (secondary N) is 1. The summed E-state index contributed by atoms with van der Waals surface area (Å²) >= 11 is 1.32. The zero-order chi connectivity index (χ0) is 18.5. The molecule has 3 heterocycles. The smallest absolute Gasteiger partial charge is 0.307 e. The summed E-state index contributed by atoms with van der Waals surface area (Å²) in [4.78, 5) is 40.2. The summed E-state index contributed by atoms with van der Waals surface area (Å²) in [6, 6.07) is 4.41. The maximum Gasteiger partial charge on any atom is 0.307 e. The van der Waals surface area contributed by atoms with Gasteiger partial charge in [0.1, 0.15) is 11.6 Å². The van der Waals surface area contributed by atoms with Gasteiger partial charge in [-0.25, -0.2) is 4.98 Å². The van der Waals surface area contributed by atoms with Crippen LogP contribution >= 0.6 is 11.3 Å². The molecule has 0 unspecified atom stereocenters. The number of esters is 1. The van der Waals surface area contributed by atoms with Crippen molar-refractivity contribution in [1.29, 1.82) is 0 Å². The topological polar surface area (TPSA) is 116 Å². The number of amides is 1. The third-order valence-corrected chi connectivity index (χ3v) is 4.44. The minimum Gasteiger partial charge on any atom is -0.459 e. The van der Waals surface area contributed by atoms with Crippen molar-refractivity contribution in [3.05, 3.63) is 51.3 Å². The van der Waals surface area contributed by atoms with Crippen molar-refractivity contribution in [1.82, 2.24) is 19.9 Å². The first-order valence-corrected chi connectivity index (χ1v) is 8.74. The Morgan fingerprint density at radius 2 is 2.27 bits per heavy atom. The summed E-state index contributed by atoms with van der Waals surface area (Å²) in [6.07, 6.45) is 2.10. The van der Waals surface area contributed by atoms with Gasteiger partial charge in [0, 0.05) is 12.6 Å². The van der Waals surface area contributed by atoms with Gasteiger partial charge in [-0.1, -0.05) is 18.3 Å². The lowest BCUT2D eigenvalue weighted by Crippen LogP contribution is -2.26. The van der Waals surface area contributed by atoms with E-state index in [0.29, 0.717) is 17.1 Å². The van der Waals surface area contributed by atoms with Crippen LogP contribution in [-0.2, 0) is 22.6 Å². The van der Waals surface area contributed by atoms with E-state index in [2.05, 4.69) is 15.4 Å². The average Bonchev–Trinajstić information content (AvgIpc) is 3.29. The van der Waals surface area contributed by atoms with Gasteiger partial charge in [0.2, 0.25) is 4.96 Å². The molecule has 26 heavy (non-hydrogen) atoms. The number of fused-ring (bicyclic) bond motifs is 1. The van der Waals surface area contributed by atoms with E-state index in [1.807, 2.05) is 6.92 Å². The van der Waals surface area contributed by atoms with E-state index >= 15 is 0 Å². The Hall–Kier alpha value is -3.01. The third-order valence-electron chi connectivity index (χ3n) is 3.38. The Balaban J connectivity index is 1.50. The van der Waals surface area contributed by atoms with Crippen LogP contribution in [-0.4, -0.2) is 33.0 Å². The minimum atomic E-state index is -0.509. The molecule has 0 radical (unpaired) electrons. The molecule has 136 valence electrons.